The molecule has 164 valence electrons. The van der Waals surface area contributed by atoms with E-state index in [1.807, 2.05) is 45.0 Å². The van der Waals surface area contributed by atoms with Gasteiger partial charge in [-0.25, -0.2) is 4.98 Å². The first kappa shape index (κ1) is 23.7. The molecule has 0 saturated heterocycles. The van der Waals surface area contributed by atoms with Crippen LogP contribution in [0.25, 0.3) is 10.9 Å². The Hall–Kier alpha value is -1.94. The molecule has 1 heterocycles. The number of hydrogen-bond acceptors (Lipinski definition) is 5. The van der Waals surface area contributed by atoms with Gasteiger partial charge in [0, 0.05) is 10.9 Å². The fourth-order valence-corrected chi connectivity index (χ4v) is 4.10. The number of nitrogens with zero attached hydrogens (tertiary/aromatic N) is 3. The molecule has 6 nitrogen and oxygen atoms in total. The number of halogens is 2. The molecule has 0 radical (unpaired) electrons. The van der Waals surface area contributed by atoms with Crippen LogP contribution in [-0.2, 0) is 6.42 Å². The minimum absolute atomic E-state index is 0.0842. The van der Waals surface area contributed by atoms with E-state index >= 15 is 0 Å². The molecule has 8 heteroatoms. The highest BCUT2D eigenvalue weighted by molar-refractivity contribution is 14.1. The van der Waals surface area contributed by atoms with Gasteiger partial charge in [0.25, 0.3) is 5.56 Å². The summed E-state index contributed by atoms with van der Waals surface area (Å²) in [4.78, 5) is 17.7. The number of hydrogen-bond donors (Lipinski definition) is 0. The fraction of sp³-hybridized carbons (Fsp3) is 0.348. The Balaban J connectivity index is 2.06. The van der Waals surface area contributed by atoms with E-state index in [2.05, 4.69) is 55.5 Å². The minimum Gasteiger partial charge on any atom is -0.490 e. The number of aromatic nitrogens is 2. The standard InChI is InChI=1S/C23H25BrIN3O3/c1-5-14(4)31-22-18(25)10-15(11-20(22)30-7-3)13-26-28-21(6-2)27-19-9-8-16(24)12-17(19)23(28)29/h8-14H,5-7H2,1-4H3/t14-/m1/s1. The zero-order valence-electron chi connectivity index (χ0n) is 18.0. The van der Waals surface area contributed by atoms with Crippen molar-refractivity contribution in [3.05, 3.63) is 60.1 Å². The van der Waals surface area contributed by atoms with Crippen molar-refractivity contribution in [2.45, 2.75) is 46.6 Å². The van der Waals surface area contributed by atoms with Crippen molar-refractivity contribution in [1.29, 1.82) is 0 Å². The van der Waals surface area contributed by atoms with Gasteiger partial charge in [-0.05, 0) is 78.8 Å². The maximum absolute atomic E-state index is 13.1. The fourth-order valence-electron chi connectivity index (χ4n) is 2.99. The molecular formula is C23H25BrIN3O3. The van der Waals surface area contributed by atoms with Gasteiger partial charge < -0.3 is 9.47 Å². The lowest BCUT2D eigenvalue weighted by Crippen LogP contribution is -2.22. The molecule has 0 fully saturated rings. The van der Waals surface area contributed by atoms with Crippen molar-refractivity contribution in [2.75, 3.05) is 6.61 Å². The molecule has 0 N–H and O–H groups in total. The predicted molar refractivity (Wildman–Crippen MR) is 137 cm³/mol. The third-order valence-electron chi connectivity index (χ3n) is 4.74. The van der Waals surface area contributed by atoms with Gasteiger partial charge >= 0.3 is 0 Å². The van der Waals surface area contributed by atoms with E-state index in [0.29, 0.717) is 35.5 Å². The smallest absolute Gasteiger partial charge is 0.282 e. The Bertz CT molecular complexity index is 1180. The lowest BCUT2D eigenvalue weighted by Gasteiger charge is -2.18. The lowest BCUT2D eigenvalue weighted by molar-refractivity contribution is 0.201. The van der Waals surface area contributed by atoms with Crippen LogP contribution in [0.3, 0.4) is 0 Å². The van der Waals surface area contributed by atoms with Gasteiger partial charge in [0.2, 0.25) is 0 Å². The molecule has 1 atom stereocenters. The summed E-state index contributed by atoms with van der Waals surface area (Å²) in [5.74, 6) is 2.00. The van der Waals surface area contributed by atoms with Crippen LogP contribution in [0.5, 0.6) is 11.5 Å². The maximum Gasteiger partial charge on any atom is 0.282 e. The number of aryl methyl sites for hydroxylation is 1. The molecule has 0 bridgehead atoms. The van der Waals surface area contributed by atoms with E-state index < -0.39 is 0 Å². The van der Waals surface area contributed by atoms with Crippen molar-refractivity contribution in [1.82, 2.24) is 9.66 Å². The van der Waals surface area contributed by atoms with Gasteiger partial charge in [-0.2, -0.15) is 9.78 Å². The van der Waals surface area contributed by atoms with Gasteiger partial charge in [0.1, 0.15) is 5.82 Å². The molecule has 0 aliphatic heterocycles. The van der Waals surface area contributed by atoms with Crippen molar-refractivity contribution >= 4 is 55.6 Å². The summed E-state index contributed by atoms with van der Waals surface area (Å²) < 4.78 is 15.0. The van der Waals surface area contributed by atoms with Gasteiger partial charge in [-0.3, -0.25) is 4.79 Å². The average molecular weight is 598 g/mol. The normalized spacial score (nSPS) is 12.5. The maximum atomic E-state index is 13.1. The van der Waals surface area contributed by atoms with E-state index in [4.69, 9.17) is 9.47 Å². The van der Waals surface area contributed by atoms with Crippen molar-refractivity contribution in [2.24, 2.45) is 5.10 Å². The van der Waals surface area contributed by atoms with E-state index in [1.54, 1.807) is 12.3 Å². The lowest BCUT2D eigenvalue weighted by atomic mass is 10.2. The Morgan fingerprint density at radius 3 is 2.71 bits per heavy atom. The van der Waals surface area contributed by atoms with Crippen molar-refractivity contribution in [3.8, 4) is 11.5 Å². The van der Waals surface area contributed by atoms with Crippen molar-refractivity contribution < 1.29 is 9.47 Å². The molecule has 2 aromatic carbocycles. The summed E-state index contributed by atoms with van der Waals surface area (Å²) in [6.45, 7) is 8.53. The highest BCUT2D eigenvalue weighted by Gasteiger charge is 2.15. The molecule has 1 aromatic heterocycles. The Labute approximate surface area is 203 Å². The molecule has 3 rings (SSSR count). The van der Waals surface area contributed by atoms with Crippen LogP contribution in [0.1, 0.15) is 45.5 Å². The van der Waals surface area contributed by atoms with E-state index in [0.717, 1.165) is 25.8 Å². The first-order chi connectivity index (χ1) is 14.9. The quantitative estimate of drug-likeness (QED) is 0.244. The Morgan fingerprint density at radius 2 is 2.03 bits per heavy atom. The second-order valence-electron chi connectivity index (χ2n) is 7.00. The SMILES string of the molecule is CCOc1cc(C=Nn2c(CC)nc3ccc(Br)cc3c2=O)cc(I)c1O[C@H](C)CC. The zero-order valence-corrected chi connectivity index (χ0v) is 21.7. The first-order valence-corrected chi connectivity index (χ1v) is 12.1. The number of fused-ring (bicyclic) bond motifs is 1. The van der Waals surface area contributed by atoms with Crippen LogP contribution in [0.15, 0.2) is 44.7 Å². The highest BCUT2D eigenvalue weighted by Crippen LogP contribution is 2.35. The number of rotatable bonds is 8. The van der Waals surface area contributed by atoms with Crippen LogP contribution >= 0.6 is 38.5 Å². The van der Waals surface area contributed by atoms with Gasteiger partial charge in [0.05, 0.1) is 33.4 Å². The summed E-state index contributed by atoms with van der Waals surface area (Å²) in [7, 11) is 0. The van der Waals surface area contributed by atoms with E-state index in [-0.39, 0.29) is 11.7 Å². The summed E-state index contributed by atoms with van der Waals surface area (Å²) in [5.41, 5.74) is 1.28. The molecule has 0 aliphatic carbocycles. The molecule has 0 amide bonds. The van der Waals surface area contributed by atoms with Crippen LogP contribution in [0.4, 0.5) is 0 Å². The number of ether oxygens (including phenoxy) is 2. The topological polar surface area (TPSA) is 65.7 Å². The molecular weight excluding hydrogens is 573 g/mol. The van der Waals surface area contributed by atoms with Gasteiger partial charge in [0.15, 0.2) is 11.5 Å². The summed E-state index contributed by atoms with van der Waals surface area (Å²) in [6, 6.07) is 9.33. The zero-order chi connectivity index (χ0) is 22.5. The largest absolute Gasteiger partial charge is 0.490 e. The Morgan fingerprint density at radius 1 is 1.26 bits per heavy atom. The molecule has 0 spiro atoms. The van der Waals surface area contributed by atoms with Crippen LogP contribution in [0.2, 0.25) is 0 Å². The van der Waals surface area contributed by atoms with Crippen molar-refractivity contribution in [3.63, 3.8) is 0 Å². The van der Waals surface area contributed by atoms with Crippen LogP contribution < -0.4 is 15.0 Å². The van der Waals surface area contributed by atoms with E-state index in [1.165, 1.54) is 4.68 Å². The first-order valence-electron chi connectivity index (χ1n) is 10.3. The summed E-state index contributed by atoms with van der Waals surface area (Å²) in [6.07, 6.45) is 3.23. The third-order valence-corrected chi connectivity index (χ3v) is 6.03. The molecule has 31 heavy (non-hydrogen) atoms. The molecule has 0 aliphatic rings. The predicted octanol–water partition coefficient (Wildman–Crippen LogP) is 5.78. The van der Waals surface area contributed by atoms with Crippen LogP contribution in [0, 0.1) is 3.57 Å². The highest BCUT2D eigenvalue weighted by atomic mass is 127. The monoisotopic (exact) mass is 597 g/mol. The number of benzene rings is 2. The minimum atomic E-state index is -0.198. The second kappa shape index (κ2) is 10.6. The average Bonchev–Trinajstić information content (AvgIpc) is 2.75. The van der Waals surface area contributed by atoms with Gasteiger partial charge in [-0.15, -0.1) is 0 Å². The van der Waals surface area contributed by atoms with Crippen LogP contribution in [-0.4, -0.2) is 28.6 Å². The molecule has 0 unspecified atom stereocenters. The summed E-state index contributed by atoms with van der Waals surface area (Å²) in [5, 5.41) is 5.00. The molecule has 0 saturated carbocycles. The van der Waals surface area contributed by atoms with E-state index in [9.17, 15) is 4.79 Å². The second-order valence-corrected chi connectivity index (χ2v) is 9.08. The Kier molecular flexibility index (Phi) is 8.10. The summed E-state index contributed by atoms with van der Waals surface area (Å²) >= 11 is 5.66. The van der Waals surface area contributed by atoms with Gasteiger partial charge in [-0.1, -0.05) is 29.8 Å². The molecule has 3 aromatic rings. The third kappa shape index (κ3) is 5.46.